The number of hydrogen-bond donors (Lipinski definition) is 0. The SMILES string of the molecule is CCC(C1CCC(C)CC1)C1CCC(C)CC1. The van der Waals surface area contributed by atoms with Crippen molar-refractivity contribution in [2.45, 2.75) is 78.6 Å². The van der Waals surface area contributed by atoms with Gasteiger partial charge in [0.15, 0.2) is 0 Å². The van der Waals surface area contributed by atoms with Gasteiger partial charge in [-0.1, -0.05) is 52.9 Å². The van der Waals surface area contributed by atoms with Gasteiger partial charge in [0, 0.05) is 0 Å². The summed E-state index contributed by atoms with van der Waals surface area (Å²) in [5.74, 6) is 5.24. The summed E-state index contributed by atoms with van der Waals surface area (Å²) in [6.07, 6.45) is 13.6. The number of rotatable bonds is 3. The van der Waals surface area contributed by atoms with Crippen LogP contribution in [0.5, 0.6) is 0 Å². The van der Waals surface area contributed by atoms with Crippen LogP contribution in [0.15, 0.2) is 0 Å². The van der Waals surface area contributed by atoms with E-state index in [9.17, 15) is 0 Å². The molecule has 2 rings (SSSR count). The topological polar surface area (TPSA) is 0 Å². The quantitative estimate of drug-likeness (QED) is 0.592. The molecular weight excluding hydrogens is 204 g/mol. The first-order chi connectivity index (χ1) is 8.20. The van der Waals surface area contributed by atoms with Gasteiger partial charge in [-0.3, -0.25) is 0 Å². The Labute approximate surface area is 109 Å². The molecule has 0 aliphatic heterocycles. The molecule has 0 aromatic rings. The molecule has 0 heterocycles. The molecule has 2 saturated carbocycles. The molecule has 2 aliphatic carbocycles. The Balaban J connectivity index is 1.87. The average Bonchev–Trinajstić information content (AvgIpc) is 2.35. The first kappa shape index (κ1) is 13.4. The molecule has 0 heteroatoms. The third-order valence-electron chi connectivity index (χ3n) is 5.80. The zero-order valence-corrected chi connectivity index (χ0v) is 12.3. The highest BCUT2D eigenvalue weighted by atomic mass is 14.4. The summed E-state index contributed by atoms with van der Waals surface area (Å²) in [5, 5.41) is 0. The molecule has 0 aromatic carbocycles. The molecule has 0 radical (unpaired) electrons. The summed E-state index contributed by atoms with van der Waals surface area (Å²) in [4.78, 5) is 0. The van der Waals surface area contributed by atoms with E-state index in [0.717, 1.165) is 29.6 Å². The van der Waals surface area contributed by atoms with E-state index < -0.39 is 0 Å². The summed E-state index contributed by atoms with van der Waals surface area (Å²) < 4.78 is 0. The molecular formula is C17H32. The normalized spacial score (nSPS) is 41.1. The minimum Gasteiger partial charge on any atom is -0.0651 e. The van der Waals surface area contributed by atoms with E-state index >= 15 is 0 Å². The van der Waals surface area contributed by atoms with Crippen molar-refractivity contribution < 1.29 is 0 Å². The zero-order chi connectivity index (χ0) is 12.3. The van der Waals surface area contributed by atoms with Gasteiger partial charge in [-0.15, -0.1) is 0 Å². The highest BCUT2D eigenvalue weighted by Gasteiger charge is 2.32. The van der Waals surface area contributed by atoms with Gasteiger partial charge in [0.2, 0.25) is 0 Å². The highest BCUT2D eigenvalue weighted by molar-refractivity contribution is 4.83. The monoisotopic (exact) mass is 236 g/mol. The third kappa shape index (κ3) is 3.48. The fourth-order valence-electron chi connectivity index (χ4n) is 4.48. The lowest BCUT2D eigenvalue weighted by Crippen LogP contribution is -2.29. The van der Waals surface area contributed by atoms with Crippen molar-refractivity contribution >= 4 is 0 Å². The van der Waals surface area contributed by atoms with Crippen LogP contribution in [0.1, 0.15) is 78.6 Å². The van der Waals surface area contributed by atoms with Crippen LogP contribution in [0.2, 0.25) is 0 Å². The molecule has 0 aromatic heterocycles. The Morgan fingerprint density at radius 1 is 0.706 bits per heavy atom. The second-order valence-corrected chi connectivity index (χ2v) is 7.11. The molecule has 0 amide bonds. The van der Waals surface area contributed by atoms with Crippen molar-refractivity contribution in [2.24, 2.45) is 29.6 Å². The van der Waals surface area contributed by atoms with Crippen LogP contribution < -0.4 is 0 Å². The van der Waals surface area contributed by atoms with E-state index in [2.05, 4.69) is 20.8 Å². The van der Waals surface area contributed by atoms with Crippen molar-refractivity contribution in [1.29, 1.82) is 0 Å². The standard InChI is InChI=1S/C17H32/c1-4-17(15-9-5-13(2)6-10-15)16-11-7-14(3)8-12-16/h13-17H,4-12H2,1-3H3. The van der Waals surface area contributed by atoms with E-state index in [-0.39, 0.29) is 0 Å². The summed E-state index contributed by atoms with van der Waals surface area (Å²) >= 11 is 0. The predicted octanol–water partition coefficient (Wildman–Crippen LogP) is 5.67. The van der Waals surface area contributed by atoms with Crippen molar-refractivity contribution in [3.8, 4) is 0 Å². The average molecular weight is 236 g/mol. The molecule has 2 fully saturated rings. The maximum atomic E-state index is 2.45. The summed E-state index contributed by atoms with van der Waals surface area (Å²) in [6, 6.07) is 0. The van der Waals surface area contributed by atoms with Crippen LogP contribution in [0.3, 0.4) is 0 Å². The molecule has 0 bridgehead atoms. The first-order valence-corrected chi connectivity index (χ1v) is 8.20. The van der Waals surface area contributed by atoms with Gasteiger partial charge in [0.05, 0.1) is 0 Å². The van der Waals surface area contributed by atoms with Gasteiger partial charge >= 0.3 is 0 Å². The molecule has 17 heavy (non-hydrogen) atoms. The summed E-state index contributed by atoms with van der Waals surface area (Å²) in [7, 11) is 0. The molecule has 0 nitrogen and oxygen atoms in total. The number of hydrogen-bond acceptors (Lipinski definition) is 0. The van der Waals surface area contributed by atoms with Crippen molar-refractivity contribution in [1.82, 2.24) is 0 Å². The second-order valence-electron chi connectivity index (χ2n) is 7.11. The Morgan fingerprint density at radius 2 is 1.06 bits per heavy atom. The van der Waals surface area contributed by atoms with Crippen LogP contribution in [0.4, 0.5) is 0 Å². The van der Waals surface area contributed by atoms with Gasteiger partial charge in [-0.2, -0.15) is 0 Å². The Kier molecular flexibility index (Phi) is 4.94. The van der Waals surface area contributed by atoms with E-state index in [4.69, 9.17) is 0 Å². The highest BCUT2D eigenvalue weighted by Crippen LogP contribution is 2.43. The Hall–Kier alpha value is 0. The summed E-state index contributed by atoms with van der Waals surface area (Å²) in [5.41, 5.74) is 0. The van der Waals surface area contributed by atoms with Crippen LogP contribution >= 0.6 is 0 Å². The van der Waals surface area contributed by atoms with Gasteiger partial charge in [-0.25, -0.2) is 0 Å². The fraction of sp³-hybridized carbons (Fsp3) is 1.00. The minimum absolute atomic E-state index is 1.01. The Morgan fingerprint density at radius 3 is 1.35 bits per heavy atom. The molecule has 0 unspecified atom stereocenters. The van der Waals surface area contributed by atoms with E-state index in [1.165, 1.54) is 57.8 Å². The molecule has 0 atom stereocenters. The molecule has 2 aliphatic rings. The first-order valence-electron chi connectivity index (χ1n) is 8.20. The summed E-state index contributed by atoms with van der Waals surface area (Å²) in [6.45, 7) is 7.33. The van der Waals surface area contributed by atoms with Gasteiger partial charge in [-0.05, 0) is 55.3 Å². The maximum absolute atomic E-state index is 2.45. The van der Waals surface area contributed by atoms with Crippen LogP contribution in [-0.2, 0) is 0 Å². The third-order valence-corrected chi connectivity index (χ3v) is 5.80. The second kappa shape index (κ2) is 6.25. The lowest BCUT2D eigenvalue weighted by Gasteiger charge is -2.39. The van der Waals surface area contributed by atoms with Gasteiger partial charge < -0.3 is 0 Å². The predicted molar refractivity (Wildman–Crippen MR) is 76.0 cm³/mol. The van der Waals surface area contributed by atoms with Crippen LogP contribution in [0.25, 0.3) is 0 Å². The zero-order valence-electron chi connectivity index (χ0n) is 12.3. The van der Waals surface area contributed by atoms with Gasteiger partial charge in [0.25, 0.3) is 0 Å². The minimum atomic E-state index is 1.01. The lowest BCUT2D eigenvalue weighted by molar-refractivity contribution is 0.114. The van der Waals surface area contributed by atoms with E-state index in [0.29, 0.717) is 0 Å². The Bertz CT molecular complexity index is 182. The maximum Gasteiger partial charge on any atom is -0.0360 e. The van der Waals surface area contributed by atoms with Crippen LogP contribution in [0, 0.1) is 29.6 Å². The van der Waals surface area contributed by atoms with E-state index in [1.807, 2.05) is 0 Å². The molecule has 0 saturated heterocycles. The largest absolute Gasteiger partial charge is 0.0651 e. The fourth-order valence-corrected chi connectivity index (χ4v) is 4.48. The van der Waals surface area contributed by atoms with Crippen molar-refractivity contribution in [3.05, 3.63) is 0 Å². The molecule has 0 N–H and O–H groups in total. The molecule has 100 valence electrons. The van der Waals surface area contributed by atoms with E-state index in [1.54, 1.807) is 0 Å². The smallest absolute Gasteiger partial charge is 0.0360 e. The van der Waals surface area contributed by atoms with Crippen LogP contribution in [-0.4, -0.2) is 0 Å². The van der Waals surface area contributed by atoms with Gasteiger partial charge in [0.1, 0.15) is 0 Å². The van der Waals surface area contributed by atoms with Crippen molar-refractivity contribution in [2.75, 3.05) is 0 Å². The van der Waals surface area contributed by atoms with Crippen molar-refractivity contribution in [3.63, 3.8) is 0 Å². The molecule has 0 spiro atoms. The lowest BCUT2D eigenvalue weighted by atomic mass is 9.66.